The molecule has 3 aromatic rings. The zero-order chi connectivity index (χ0) is 21.8. The van der Waals surface area contributed by atoms with Crippen LogP contribution >= 0.6 is 35.3 Å². The van der Waals surface area contributed by atoms with Crippen LogP contribution in [0.1, 0.15) is 17.3 Å². The molecule has 8 nitrogen and oxygen atoms in total. The van der Waals surface area contributed by atoms with Crippen molar-refractivity contribution in [3.63, 3.8) is 0 Å². The molecule has 0 N–H and O–H groups in total. The van der Waals surface area contributed by atoms with Crippen LogP contribution < -0.4 is 9.64 Å². The Morgan fingerprint density at radius 1 is 1.26 bits per heavy atom. The van der Waals surface area contributed by atoms with Crippen LogP contribution in [0.4, 0.5) is 10.8 Å². The molecule has 2 aromatic carbocycles. The Morgan fingerprint density at radius 3 is 2.65 bits per heavy atom. The molecule has 31 heavy (non-hydrogen) atoms. The van der Waals surface area contributed by atoms with Gasteiger partial charge >= 0.3 is 0 Å². The average Bonchev–Trinajstić information content (AvgIpc) is 3.13. The topological polar surface area (TPSA) is 88.8 Å². The number of likely N-dealkylation sites (N-methyl/N-ethyl adjacent to an activating group) is 1. The van der Waals surface area contributed by atoms with E-state index in [4.69, 9.17) is 16.3 Å². The summed E-state index contributed by atoms with van der Waals surface area (Å²) < 4.78 is 6.53. The molecule has 166 valence electrons. The van der Waals surface area contributed by atoms with Crippen molar-refractivity contribution in [1.82, 2.24) is 9.88 Å². The van der Waals surface area contributed by atoms with Crippen molar-refractivity contribution >= 4 is 62.3 Å². The summed E-state index contributed by atoms with van der Waals surface area (Å²) in [6, 6.07) is 9.45. The number of rotatable bonds is 8. The smallest absolute Gasteiger partial charge is 0.270 e. The molecule has 0 fully saturated rings. The highest BCUT2D eigenvalue weighted by Gasteiger charge is 2.25. The molecular weight excluding hydrogens is 463 g/mol. The average molecular weight is 485 g/mol. The van der Waals surface area contributed by atoms with Gasteiger partial charge in [-0.15, -0.1) is 12.4 Å². The SMILES string of the molecule is CCOc1cccc2sc(N(CCN(C)C)C(=O)c3cc([N+](=O)[O-])ccc3Cl)nc12.Cl. The number of thiazole rings is 1. The number of hydrogen-bond acceptors (Lipinski definition) is 7. The van der Waals surface area contributed by atoms with Gasteiger partial charge in [0, 0.05) is 25.2 Å². The summed E-state index contributed by atoms with van der Waals surface area (Å²) in [5.41, 5.74) is 0.541. The summed E-state index contributed by atoms with van der Waals surface area (Å²) in [7, 11) is 3.79. The Bertz CT molecular complexity index is 1090. The summed E-state index contributed by atoms with van der Waals surface area (Å²) >= 11 is 7.57. The molecular formula is C20H22Cl2N4O4S. The van der Waals surface area contributed by atoms with Gasteiger partial charge in [-0.05, 0) is 39.2 Å². The van der Waals surface area contributed by atoms with Crippen molar-refractivity contribution < 1.29 is 14.5 Å². The van der Waals surface area contributed by atoms with Crippen molar-refractivity contribution in [3.8, 4) is 5.75 Å². The molecule has 0 bridgehead atoms. The summed E-state index contributed by atoms with van der Waals surface area (Å²) in [4.78, 5) is 32.1. The minimum absolute atomic E-state index is 0. The lowest BCUT2D eigenvalue weighted by atomic mass is 10.1. The van der Waals surface area contributed by atoms with Gasteiger partial charge in [-0.2, -0.15) is 0 Å². The third-order valence-corrected chi connectivity index (χ3v) is 5.68. The van der Waals surface area contributed by atoms with E-state index in [0.29, 0.717) is 36.1 Å². The minimum atomic E-state index is -0.552. The fraction of sp³-hybridized carbons (Fsp3) is 0.300. The lowest BCUT2D eigenvalue weighted by Crippen LogP contribution is -2.37. The Morgan fingerprint density at radius 2 is 2.00 bits per heavy atom. The zero-order valence-electron chi connectivity index (χ0n) is 17.2. The van der Waals surface area contributed by atoms with Crippen LogP contribution in [0, 0.1) is 10.1 Å². The predicted octanol–water partition coefficient (Wildman–Crippen LogP) is 4.89. The Labute approximate surface area is 194 Å². The van der Waals surface area contributed by atoms with E-state index in [0.717, 1.165) is 4.70 Å². The standard InChI is InChI=1S/C20H21ClN4O4S.ClH/c1-4-29-16-6-5-7-17-18(16)22-20(30-17)24(11-10-23(2)3)19(26)14-12-13(25(27)28)8-9-15(14)21;/h5-9,12H,4,10-11H2,1-3H3;1H. The molecule has 1 amide bonds. The molecule has 0 radical (unpaired) electrons. The lowest BCUT2D eigenvalue weighted by Gasteiger charge is -2.22. The molecule has 0 spiro atoms. The zero-order valence-corrected chi connectivity index (χ0v) is 19.6. The number of halogens is 2. The number of ether oxygens (including phenoxy) is 1. The molecule has 0 unspecified atom stereocenters. The van der Waals surface area contributed by atoms with Crippen LogP contribution in [0.3, 0.4) is 0 Å². The minimum Gasteiger partial charge on any atom is -0.492 e. The number of aromatic nitrogens is 1. The normalized spacial score (nSPS) is 10.7. The maximum absolute atomic E-state index is 13.4. The van der Waals surface area contributed by atoms with E-state index < -0.39 is 10.8 Å². The van der Waals surface area contributed by atoms with Gasteiger partial charge in [0.15, 0.2) is 5.13 Å². The molecule has 0 aliphatic carbocycles. The number of nitrogens with zero attached hydrogens (tertiary/aromatic N) is 4. The second-order valence-corrected chi connectivity index (χ2v) is 8.13. The van der Waals surface area contributed by atoms with Crippen molar-refractivity contribution in [1.29, 1.82) is 0 Å². The number of amides is 1. The number of carbonyl (C=O) groups excluding carboxylic acids is 1. The first-order chi connectivity index (χ1) is 14.3. The molecule has 0 saturated heterocycles. The Hall–Kier alpha value is -2.46. The first-order valence-corrected chi connectivity index (χ1v) is 10.4. The number of carbonyl (C=O) groups is 1. The van der Waals surface area contributed by atoms with Crippen LogP contribution in [0.5, 0.6) is 5.75 Å². The van der Waals surface area contributed by atoms with Gasteiger partial charge in [0.25, 0.3) is 11.6 Å². The van der Waals surface area contributed by atoms with Crippen LogP contribution in [-0.2, 0) is 0 Å². The van der Waals surface area contributed by atoms with Gasteiger partial charge in [0.1, 0.15) is 11.3 Å². The summed E-state index contributed by atoms with van der Waals surface area (Å²) in [6.45, 7) is 3.31. The second kappa shape index (κ2) is 10.7. The summed E-state index contributed by atoms with van der Waals surface area (Å²) in [5, 5.41) is 11.8. The largest absolute Gasteiger partial charge is 0.492 e. The fourth-order valence-corrected chi connectivity index (χ4v) is 4.03. The number of para-hydroxylation sites is 1. The van der Waals surface area contributed by atoms with E-state index in [1.165, 1.54) is 34.4 Å². The van der Waals surface area contributed by atoms with E-state index in [1.54, 1.807) is 0 Å². The van der Waals surface area contributed by atoms with E-state index in [2.05, 4.69) is 4.98 Å². The van der Waals surface area contributed by atoms with Crippen LogP contribution in [0.15, 0.2) is 36.4 Å². The maximum Gasteiger partial charge on any atom is 0.270 e. The van der Waals surface area contributed by atoms with E-state index in [-0.39, 0.29) is 28.7 Å². The first kappa shape index (κ1) is 24.8. The van der Waals surface area contributed by atoms with E-state index in [9.17, 15) is 14.9 Å². The van der Waals surface area contributed by atoms with Gasteiger partial charge in [0.05, 0.1) is 26.8 Å². The van der Waals surface area contributed by atoms with Gasteiger partial charge in [-0.1, -0.05) is 29.0 Å². The van der Waals surface area contributed by atoms with Crippen LogP contribution in [-0.4, -0.2) is 54.5 Å². The number of nitro benzene ring substituents is 1. The predicted molar refractivity (Wildman–Crippen MR) is 126 cm³/mol. The molecule has 11 heteroatoms. The first-order valence-electron chi connectivity index (χ1n) is 9.24. The lowest BCUT2D eigenvalue weighted by molar-refractivity contribution is -0.384. The molecule has 0 aliphatic rings. The van der Waals surface area contributed by atoms with Crippen molar-refractivity contribution in [2.75, 3.05) is 38.7 Å². The third-order valence-electron chi connectivity index (χ3n) is 4.31. The highest BCUT2D eigenvalue weighted by atomic mass is 35.5. The third kappa shape index (κ3) is 5.62. The summed E-state index contributed by atoms with van der Waals surface area (Å²) in [5.74, 6) is 0.202. The van der Waals surface area contributed by atoms with Crippen molar-refractivity contribution in [2.24, 2.45) is 0 Å². The van der Waals surface area contributed by atoms with Crippen LogP contribution in [0.2, 0.25) is 5.02 Å². The molecule has 0 saturated carbocycles. The molecule has 1 aromatic heterocycles. The number of hydrogen-bond donors (Lipinski definition) is 0. The van der Waals surface area contributed by atoms with Gasteiger partial charge in [-0.25, -0.2) is 4.98 Å². The number of fused-ring (bicyclic) bond motifs is 1. The molecule has 3 rings (SSSR count). The number of nitro groups is 1. The van der Waals surface area contributed by atoms with Crippen molar-refractivity contribution in [3.05, 3.63) is 57.1 Å². The maximum atomic E-state index is 13.4. The van der Waals surface area contributed by atoms with E-state index in [1.807, 2.05) is 44.1 Å². The van der Waals surface area contributed by atoms with Gasteiger partial charge < -0.3 is 9.64 Å². The fourth-order valence-electron chi connectivity index (χ4n) is 2.82. The quantitative estimate of drug-likeness (QED) is 0.334. The number of non-ortho nitro benzene ring substituents is 1. The van der Waals surface area contributed by atoms with Crippen molar-refractivity contribution in [2.45, 2.75) is 6.92 Å². The second-order valence-electron chi connectivity index (χ2n) is 6.71. The highest BCUT2D eigenvalue weighted by molar-refractivity contribution is 7.22. The summed E-state index contributed by atoms with van der Waals surface area (Å²) in [6.07, 6.45) is 0. The Balaban J connectivity index is 0.00000341. The van der Waals surface area contributed by atoms with Gasteiger partial charge in [-0.3, -0.25) is 19.8 Å². The molecule has 0 atom stereocenters. The van der Waals surface area contributed by atoms with E-state index >= 15 is 0 Å². The monoisotopic (exact) mass is 484 g/mol. The highest BCUT2D eigenvalue weighted by Crippen LogP contribution is 2.35. The Kier molecular flexibility index (Phi) is 8.58. The molecule has 0 aliphatic heterocycles. The molecule has 1 heterocycles. The number of benzene rings is 2. The van der Waals surface area contributed by atoms with Gasteiger partial charge in [0.2, 0.25) is 0 Å². The van der Waals surface area contributed by atoms with Crippen LogP contribution in [0.25, 0.3) is 10.2 Å². The number of anilines is 1.